The van der Waals surface area contributed by atoms with Crippen molar-refractivity contribution in [1.29, 1.82) is 0 Å². The zero-order valence-corrected chi connectivity index (χ0v) is 7.56. The van der Waals surface area contributed by atoms with Crippen molar-refractivity contribution >= 4 is 0 Å². The average molecular weight is 160 g/mol. The van der Waals surface area contributed by atoms with E-state index >= 15 is 0 Å². The second kappa shape index (κ2) is 7.94. The molecule has 4 heteroatoms. The second-order valence-electron chi connectivity index (χ2n) is 2.32. The fourth-order valence-electron chi connectivity index (χ4n) is 0.845. The zero-order chi connectivity index (χ0) is 8.53. The van der Waals surface area contributed by atoms with Gasteiger partial charge in [-0.2, -0.15) is 5.12 Å². The van der Waals surface area contributed by atoms with Crippen LogP contribution < -0.4 is 16.6 Å². The molecule has 4 N–H and O–H groups in total. The van der Waals surface area contributed by atoms with Crippen molar-refractivity contribution in [2.24, 2.45) is 5.73 Å². The predicted molar refractivity (Wildman–Crippen MR) is 47.7 cm³/mol. The van der Waals surface area contributed by atoms with Gasteiger partial charge in [0.25, 0.3) is 0 Å². The van der Waals surface area contributed by atoms with Gasteiger partial charge < -0.3 is 5.73 Å². The Bertz CT molecular complexity index is 70.8. The van der Waals surface area contributed by atoms with E-state index in [9.17, 15) is 0 Å². The van der Waals surface area contributed by atoms with E-state index < -0.39 is 0 Å². The summed E-state index contributed by atoms with van der Waals surface area (Å²) in [5.74, 6) is 0. The predicted octanol–water partition coefficient (Wildman–Crippen LogP) is -0.314. The van der Waals surface area contributed by atoms with Crippen LogP contribution in [0.5, 0.6) is 0 Å². The molecule has 0 heterocycles. The van der Waals surface area contributed by atoms with Gasteiger partial charge in [-0.15, -0.1) is 0 Å². The van der Waals surface area contributed by atoms with Gasteiger partial charge in [-0.05, 0) is 13.0 Å². The Morgan fingerprint density at radius 3 is 2.09 bits per heavy atom. The summed E-state index contributed by atoms with van der Waals surface area (Å²) in [7, 11) is 0. The van der Waals surface area contributed by atoms with E-state index in [0.717, 1.165) is 32.6 Å². The molecule has 4 nitrogen and oxygen atoms in total. The van der Waals surface area contributed by atoms with Crippen LogP contribution in [0.3, 0.4) is 0 Å². The molecule has 0 radical (unpaired) electrons. The van der Waals surface area contributed by atoms with Gasteiger partial charge in [-0.3, -0.25) is 0 Å². The largest absolute Gasteiger partial charge is 0.330 e. The fourth-order valence-corrected chi connectivity index (χ4v) is 0.845. The van der Waals surface area contributed by atoms with Crippen molar-refractivity contribution in [2.45, 2.75) is 20.3 Å². The fraction of sp³-hybridized carbons (Fsp3) is 1.00. The maximum absolute atomic E-state index is 5.39. The highest BCUT2D eigenvalue weighted by Gasteiger charge is 1.97. The third kappa shape index (κ3) is 6.25. The Balaban J connectivity index is 3.34. The number of nitrogens with one attached hydrogen (secondary N) is 2. The van der Waals surface area contributed by atoms with Crippen molar-refractivity contribution in [3.63, 3.8) is 0 Å². The van der Waals surface area contributed by atoms with Gasteiger partial charge in [0, 0.05) is 19.6 Å². The average Bonchev–Trinajstić information content (AvgIpc) is 2.01. The lowest BCUT2D eigenvalue weighted by molar-refractivity contribution is 0.120. The van der Waals surface area contributed by atoms with Crippen LogP contribution in [0.25, 0.3) is 0 Å². The summed E-state index contributed by atoms with van der Waals surface area (Å²) >= 11 is 0. The summed E-state index contributed by atoms with van der Waals surface area (Å²) < 4.78 is 0. The highest BCUT2D eigenvalue weighted by atomic mass is 15.7. The van der Waals surface area contributed by atoms with E-state index in [2.05, 4.69) is 24.7 Å². The van der Waals surface area contributed by atoms with E-state index in [1.54, 1.807) is 0 Å². The highest BCUT2D eigenvalue weighted by molar-refractivity contribution is 4.46. The minimum atomic E-state index is 0.743. The normalized spacial score (nSPS) is 10.9. The maximum atomic E-state index is 5.39. The van der Waals surface area contributed by atoms with Crippen LogP contribution in [0.15, 0.2) is 0 Å². The first kappa shape index (κ1) is 10.8. The van der Waals surface area contributed by atoms with E-state index in [1.807, 2.05) is 5.12 Å². The standard InChI is InChI=1S/C7H20N4/c1-3-9-11(10-4-2)7-5-6-8/h9-10H,3-8H2,1-2H3. The first-order valence-corrected chi connectivity index (χ1v) is 4.29. The molecule has 0 bridgehead atoms. The Labute approximate surface area is 69.1 Å². The van der Waals surface area contributed by atoms with Gasteiger partial charge in [0.2, 0.25) is 0 Å². The summed E-state index contributed by atoms with van der Waals surface area (Å²) in [4.78, 5) is 0. The lowest BCUT2D eigenvalue weighted by atomic mass is 10.4. The lowest BCUT2D eigenvalue weighted by Gasteiger charge is -2.22. The van der Waals surface area contributed by atoms with Gasteiger partial charge >= 0.3 is 0 Å². The molecular formula is C7H20N4. The summed E-state index contributed by atoms with van der Waals surface area (Å²) in [5, 5.41) is 1.99. The van der Waals surface area contributed by atoms with Gasteiger partial charge in [0.1, 0.15) is 0 Å². The Morgan fingerprint density at radius 1 is 1.18 bits per heavy atom. The quantitative estimate of drug-likeness (QED) is 0.447. The SMILES string of the molecule is CCNN(CCCN)NCC. The number of hydrogen-bond donors (Lipinski definition) is 3. The van der Waals surface area contributed by atoms with Crippen LogP contribution in [0.1, 0.15) is 20.3 Å². The second-order valence-corrected chi connectivity index (χ2v) is 2.32. The molecule has 0 rings (SSSR count). The van der Waals surface area contributed by atoms with Crippen molar-refractivity contribution in [2.75, 3.05) is 26.2 Å². The summed E-state index contributed by atoms with van der Waals surface area (Å²) in [6, 6.07) is 0. The molecular weight excluding hydrogens is 140 g/mol. The summed E-state index contributed by atoms with van der Waals surface area (Å²) in [5.41, 5.74) is 11.8. The first-order valence-electron chi connectivity index (χ1n) is 4.29. The van der Waals surface area contributed by atoms with Crippen LogP contribution >= 0.6 is 0 Å². The van der Waals surface area contributed by atoms with E-state index in [1.165, 1.54) is 0 Å². The molecule has 0 spiro atoms. The molecule has 0 aromatic carbocycles. The first-order chi connectivity index (χ1) is 5.35. The summed E-state index contributed by atoms with van der Waals surface area (Å²) in [6.07, 6.45) is 1.01. The number of hydrazine groups is 2. The van der Waals surface area contributed by atoms with Crippen LogP contribution in [0, 0.1) is 0 Å². The lowest BCUT2D eigenvalue weighted by Crippen LogP contribution is -2.48. The number of nitrogens with zero attached hydrogens (tertiary/aromatic N) is 1. The molecule has 0 atom stereocenters. The van der Waals surface area contributed by atoms with Crippen LogP contribution in [-0.4, -0.2) is 31.3 Å². The summed E-state index contributed by atoms with van der Waals surface area (Å²) in [6.45, 7) is 7.74. The molecule has 0 amide bonds. The van der Waals surface area contributed by atoms with Crippen LogP contribution in [-0.2, 0) is 0 Å². The van der Waals surface area contributed by atoms with Gasteiger partial charge in [0.05, 0.1) is 0 Å². The molecule has 0 aromatic heterocycles. The Kier molecular flexibility index (Phi) is 7.83. The maximum Gasteiger partial charge on any atom is 0.0300 e. The van der Waals surface area contributed by atoms with E-state index in [0.29, 0.717) is 0 Å². The minimum Gasteiger partial charge on any atom is -0.330 e. The molecule has 0 aliphatic rings. The van der Waals surface area contributed by atoms with Crippen LogP contribution in [0.2, 0.25) is 0 Å². The molecule has 0 aliphatic heterocycles. The molecule has 11 heavy (non-hydrogen) atoms. The molecule has 0 saturated carbocycles. The number of hydrogen-bond acceptors (Lipinski definition) is 4. The topological polar surface area (TPSA) is 53.3 Å². The van der Waals surface area contributed by atoms with Crippen molar-refractivity contribution in [3.05, 3.63) is 0 Å². The zero-order valence-electron chi connectivity index (χ0n) is 7.56. The van der Waals surface area contributed by atoms with E-state index in [4.69, 9.17) is 5.73 Å². The third-order valence-corrected chi connectivity index (χ3v) is 1.28. The minimum absolute atomic E-state index is 0.743. The Morgan fingerprint density at radius 2 is 1.73 bits per heavy atom. The van der Waals surface area contributed by atoms with Gasteiger partial charge in [-0.25, -0.2) is 10.9 Å². The molecule has 0 unspecified atom stereocenters. The Hall–Kier alpha value is -0.160. The molecule has 0 aliphatic carbocycles. The van der Waals surface area contributed by atoms with Crippen LogP contribution in [0.4, 0.5) is 0 Å². The number of nitrogens with two attached hydrogens (primary N) is 1. The molecule has 0 fully saturated rings. The van der Waals surface area contributed by atoms with E-state index in [-0.39, 0.29) is 0 Å². The molecule has 0 aromatic rings. The monoisotopic (exact) mass is 160 g/mol. The third-order valence-electron chi connectivity index (χ3n) is 1.28. The van der Waals surface area contributed by atoms with Crippen molar-refractivity contribution < 1.29 is 0 Å². The number of rotatable bonds is 7. The van der Waals surface area contributed by atoms with Gasteiger partial charge in [0.15, 0.2) is 0 Å². The highest BCUT2D eigenvalue weighted by Crippen LogP contribution is 1.79. The van der Waals surface area contributed by atoms with Crippen molar-refractivity contribution in [3.8, 4) is 0 Å². The molecule has 0 saturated heterocycles. The van der Waals surface area contributed by atoms with Crippen molar-refractivity contribution in [1.82, 2.24) is 16.0 Å². The molecule has 68 valence electrons. The smallest absolute Gasteiger partial charge is 0.0300 e. The van der Waals surface area contributed by atoms with Gasteiger partial charge in [-0.1, -0.05) is 13.8 Å².